The van der Waals surface area contributed by atoms with Crippen LogP contribution in [0.5, 0.6) is 0 Å². The van der Waals surface area contributed by atoms with Crippen molar-refractivity contribution in [2.75, 3.05) is 6.61 Å². The van der Waals surface area contributed by atoms with Gasteiger partial charge in [0.2, 0.25) is 0 Å². The predicted molar refractivity (Wildman–Crippen MR) is 77.8 cm³/mol. The summed E-state index contributed by atoms with van der Waals surface area (Å²) >= 11 is 6.04. The molecule has 0 fully saturated rings. The smallest absolute Gasteiger partial charge is 0.251 e. The molecule has 1 aromatic heterocycles. The summed E-state index contributed by atoms with van der Waals surface area (Å²) in [6.07, 6.45) is 0. The van der Waals surface area contributed by atoms with Gasteiger partial charge in [0.05, 0.1) is 11.6 Å². The summed E-state index contributed by atoms with van der Waals surface area (Å²) in [6, 6.07) is 6.55. The minimum Gasteiger partial charge on any atom is -0.384 e. The summed E-state index contributed by atoms with van der Waals surface area (Å²) in [5.74, 6) is 5.63. The van der Waals surface area contributed by atoms with Crippen molar-refractivity contribution < 1.29 is 14.4 Å². The molecule has 0 aliphatic rings. The third-order valence-electron chi connectivity index (χ3n) is 2.64. The van der Waals surface area contributed by atoms with Gasteiger partial charge >= 0.3 is 0 Å². The molecule has 0 bridgehead atoms. The number of carbonyl (C=O) groups excluding carboxylic acids is 1. The maximum Gasteiger partial charge on any atom is 0.251 e. The highest BCUT2D eigenvalue weighted by molar-refractivity contribution is 6.32. The minimum absolute atomic E-state index is 0.240. The van der Waals surface area contributed by atoms with Crippen molar-refractivity contribution in [2.45, 2.75) is 13.5 Å². The fourth-order valence-electron chi connectivity index (χ4n) is 1.67. The van der Waals surface area contributed by atoms with Crippen LogP contribution in [0.3, 0.4) is 0 Å². The number of hydrogen-bond donors (Lipinski definition) is 2. The van der Waals surface area contributed by atoms with Gasteiger partial charge in [-0.3, -0.25) is 4.79 Å². The molecule has 108 valence electrons. The largest absolute Gasteiger partial charge is 0.384 e. The summed E-state index contributed by atoms with van der Waals surface area (Å²) < 4.78 is 4.92. The van der Waals surface area contributed by atoms with Crippen LogP contribution >= 0.6 is 11.6 Å². The van der Waals surface area contributed by atoms with Crippen molar-refractivity contribution in [1.29, 1.82) is 0 Å². The minimum atomic E-state index is -0.265. The van der Waals surface area contributed by atoms with Crippen LogP contribution in [-0.4, -0.2) is 22.8 Å². The number of nitrogens with one attached hydrogen (secondary N) is 1. The standard InChI is InChI=1S/C15H13ClN2O3/c1-10-7-13(18-21-10)9-17-15(20)12-5-4-11(3-2-6-19)14(16)8-12/h4-5,7-8,19H,6,9H2,1H3,(H,17,20). The molecule has 0 aliphatic carbocycles. The van der Waals surface area contributed by atoms with Crippen molar-refractivity contribution in [3.05, 3.63) is 51.9 Å². The number of aryl methyl sites for hydroxylation is 1. The number of carbonyl (C=O) groups is 1. The zero-order chi connectivity index (χ0) is 15.2. The van der Waals surface area contributed by atoms with Gasteiger partial charge in [-0.2, -0.15) is 0 Å². The number of halogens is 1. The van der Waals surface area contributed by atoms with Crippen molar-refractivity contribution >= 4 is 17.5 Å². The molecule has 2 aromatic rings. The van der Waals surface area contributed by atoms with Crippen LogP contribution in [0.25, 0.3) is 0 Å². The molecule has 0 atom stereocenters. The van der Waals surface area contributed by atoms with E-state index in [1.165, 1.54) is 6.07 Å². The number of benzene rings is 1. The fraction of sp³-hybridized carbons (Fsp3) is 0.200. The maximum atomic E-state index is 12.0. The van der Waals surface area contributed by atoms with Gasteiger partial charge in [0.25, 0.3) is 5.91 Å². The summed E-state index contributed by atoms with van der Waals surface area (Å²) in [4.78, 5) is 12.0. The van der Waals surface area contributed by atoms with E-state index in [9.17, 15) is 4.79 Å². The Morgan fingerprint density at radius 3 is 2.90 bits per heavy atom. The first-order valence-electron chi connectivity index (χ1n) is 6.20. The maximum absolute atomic E-state index is 12.0. The monoisotopic (exact) mass is 304 g/mol. The normalized spacial score (nSPS) is 9.86. The molecule has 0 spiro atoms. The van der Waals surface area contributed by atoms with E-state index in [2.05, 4.69) is 22.3 Å². The van der Waals surface area contributed by atoms with Crippen LogP contribution in [-0.2, 0) is 6.54 Å². The van der Waals surface area contributed by atoms with Crippen LogP contribution in [0.4, 0.5) is 0 Å². The van der Waals surface area contributed by atoms with Gasteiger partial charge in [-0.25, -0.2) is 0 Å². The van der Waals surface area contributed by atoms with Gasteiger partial charge in [-0.05, 0) is 25.1 Å². The molecule has 1 aromatic carbocycles. The summed E-state index contributed by atoms with van der Waals surface area (Å²) in [5, 5.41) is 15.5. The number of nitrogens with zero attached hydrogens (tertiary/aromatic N) is 1. The van der Waals surface area contributed by atoms with E-state index in [-0.39, 0.29) is 19.1 Å². The lowest BCUT2D eigenvalue weighted by atomic mass is 10.1. The van der Waals surface area contributed by atoms with Crippen molar-refractivity contribution in [3.8, 4) is 11.8 Å². The molecule has 21 heavy (non-hydrogen) atoms. The second-order valence-corrected chi connectivity index (χ2v) is 4.67. The van der Waals surface area contributed by atoms with Crippen molar-refractivity contribution in [2.24, 2.45) is 0 Å². The average molecular weight is 305 g/mol. The van der Waals surface area contributed by atoms with E-state index in [1.807, 2.05) is 0 Å². The zero-order valence-electron chi connectivity index (χ0n) is 11.3. The Labute approximate surface area is 126 Å². The van der Waals surface area contributed by atoms with Crippen LogP contribution in [0, 0.1) is 18.8 Å². The number of aromatic nitrogens is 1. The van der Waals surface area contributed by atoms with E-state index >= 15 is 0 Å². The lowest BCUT2D eigenvalue weighted by molar-refractivity contribution is 0.0950. The lowest BCUT2D eigenvalue weighted by Crippen LogP contribution is -2.22. The highest BCUT2D eigenvalue weighted by Gasteiger charge is 2.09. The van der Waals surface area contributed by atoms with E-state index < -0.39 is 0 Å². The first-order valence-corrected chi connectivity index (χ1v) is 6.57. The van der Waals surface area contributed by atoms with E-state index in [0.717, 1.165) is 0 Å². The Morgan fingerprint density at radius 2 is 2.29 bits per heavy atom. The Morgan fingerprint density at radius 1 is 1.48 bits per heavy atom. The molecule has 0 unspecified atom stereocenters. The number of aliphatic hydroxyl groups is 1. The van der Waals surface area contributed by atoms with Gasteiger partial charge in [0, 0.05) is 17.2 Å². The third-order valence-corrected chi connectivity index (χ3v) is 2.95. The Balaban J connectivity index is 2.04. The highest BCUT2D eigenvalue weighted by atomic mass is 35.5. The molecular formula is C15H13ClN2O3. The molecule has 2 rings (SSSR count). The molecule has 0 saturated carbocycles. The van der Waals surface area contributed by atoms with Gasteiger partial charge in [-0.15, -0.1) is 0 Å². The highest BCUT2D eigenvalue weighted by Crippen LogP contribution is 2.17. The van der Waals surface area contributed by atoms with Gasteiger partial charge < -0.3 is 14.9 Å². The fourth-order valence-corrected chi connectivity index (χ4v) is 1.89. The molecule has 0 aliphatic heterocycles. The number of hydrogen-bond acceptors (Lipinski definition) is 4. The first kappa shape index (κ1) is 15.1. The third kappa shape index (κ3) is 4.09. The van der Waals surface area contributed by atoms with Gasteiger partial charge in [0.15, 0.2) is 0 Å². The van der Waals surface area contributed by atoms with Crippen LogP contribution in [0.1, 0.15) is 27.4 Å². The Kier molecular flexibility index (Phi) is 4.99. The lowest BCUT2D eigenvalue weighted by Gasteiger charge is -2.04. The van der Waals surface area contributed by atoms with Crippen molar-refractivity contribution in [3.63, 3.8) is 0 Å². The van der Waals surface area contributed by atoms with E-state index in [0.29, 0.717) is 27.6 Å². The van der Waals surface area contributed by atoms with Crippen LogP contribution in [0.15, 0.2) is 28.8 Å². The number of aliphatic hydroxyl groups excluding tert-OH is 1. The first-order chi connectivity index (χ1) is 10.1. The quantitative estimate of drug-likeness (QED) is 0.849. The Bertz CT molecular complexity index is 713. The SMILES string of the molecule is Cc1cc(CNC(=O)c2ccc(C#CCO)c(Cl)c2)no1. The average Bonchev–Trinajstić information content (AvgIpc) is 2.89. The molecule has 2 N–H and O–H groups in total. The molecular weight excluding hydrogens is 292 g/mol. The zero-order valence-corrected chi connectivity index (χ0v) is 12.1. The van der Waals surface area contributed by atoms with Gasteiger partial charge in [-0.1, -0.05) is 28.6 Å². The summed E-state index contributed by atoms with van der Waals surface area (Å²) in [5.41, 5.74) is 1.64. The van der Waals surface area contributed by atoms with E-state index in [4.69, 9.17) is 21.2 Å². The van der Waals surface area contributed by atoms with Crippen LogP contribution in [0.2, 0.25) is 5.02 Å². The molecule has 0 saturated heterocycles. The summed E-state index contributed by atoms with van der Waals surface area (Å²) in [7, 11) is 0. The predicted octanol–water partition coefficient (Wildman–Crippen LogP) is 1.91. The molecule has 6 heteroatoms. The number of rotatable bonds is 3. The molecule has 5 nitrogen and oxygen atoms in total. The number of amides is 1. The second kappa shape index (κ2) is 6.93. The molecule has 1 amide bonds. The Hall–Kier alpha value is -2.29. The van der Waals surface area contributed by atoms with Gasteiger partial charge in [0.1, 0.15) is 18.1 Å². The molecule has 1 heterocycles. The second-order valence-electron chi connectivity index (χ2n) is 4.27. The topological polar surface area (TPSA) is 75.4 Å². The van der Waals surface area contributed by atoms with Crippen LogP contribution < -0.4 is 5.32 Å². The summed E-state index contributed by atoms with van der Waals surface area (Å²) in [6.45, 7) is 1.82. The van der Waals surface area contributed by atoms with Crippen molar-refractivity contribution in [1.82, 2.24) is 10.5 Å². The van der Waals surface area contributed by atoms with E-state index in [1.54, 1.807) is 25.1 Å². The molecule has 0 radical (unpaired) electrons.